The average molecular weight is 373 g/mol. The Labute approximate surface area is 167 Å². The Balaban J connectivity index is 2.03. The highest BCUT2D eigenvalue weighted by Crippen LogP contribution is 2.36. The van der Waals surface area contributed by atoms with Gasteiger partial charge in [-0.05, 0) is 23.1 Å². The lowest BCUT2D eigenvalue weighted by Crippen LogP contribution is -2.53. The van der Waals surface area contributed by atoms with Crippen molar-refractivity contribution in [1.82, 2.24) is 10.9 Å². The van der Waals surface area contributed by atoms with Crippen LogP contribution < -0.4 is 10.9 Å². The summed E-state index contributed by atoms with van der Waals surface area (Å²) in [5.41, 5.74) is 8.93. The van der Waals surface area contributed by atoms with Gasteiger partial charge in [0.2, 0.25) is 5.91 Å². The van der Waals surface area contributed by atoms with E-state index >= 15 is 0 Å². The second-order valence-corrected chi connectivity index (χ2v) is 6.98. The van der Waals surface area contributed by atoms with E-state index in [-0.39, 0.29) is 5.91 Å². The van der Waals surface area contributed by atoms with Crippen molar-refractivity contribution in [2.24, 2.45) is 0 Å². The summed E-state index contributed by atoms with van der Waals surface area (Å²) in [6.07, 6.45) is 3.59. The normalized spacial score (nSPS) is 11.2. The number of hydrazine groups is 1. The lowest BCUT2D eigenvalue weighted by molar-refractivity contribution is -0.122. The van der Waals surface area contributed by atoms with Crippen molar-refractivity contribution < 1.29 is 4.79 Å². The second-order valence-electron chi connectivity index (χ2n) is 6.98. The third kappa shape index (κ3) is 4.49. The molecule has 3 nitrogen and oxygen atoms in total. The van der Waals surface area contributed by atoms with Crippen LogP contribution in [0.5, 0.6) is 0 Å². The maximum Gasteiger partial charge on any atom is 0.234 e. The van der Waals surface area contributed by atoms with Crippen LogP contribution in [-0.4, -0.2) is 5.91 Å². The van der Waals surface area contributed by atoms with E-state index in [0.29, 0.717) is 6.42 Å². The number of amides is 1. The predicted molar refractivity (Wildman–Crippen MR) is 115 cm³/mol. The maximum absolute atomic E-state index is 12.5. The van der Waals surface area contributed by atoms with E-state index in [1.807, 2.05) is 54.6 Å². The molecule has 0 heterocycles. The molecule has 3 aromatic rings. The van der Waals surface area contributed by atoms with E-state index in [4.69, 9.17) is 0 Å². The van der Waals surface area contributed by atoms with Gasteiger partial charge in [0.05, 0.1) is 0 Å². The van der Waals surface area contributed by atoms with E-state index in [1.54, 1.807) is 0 Å². The molecule has 3 rings (SSSR count). The molecule has 0 saturated carbocycles. The summed E-state index contributed by atoms with van der Waals surface area (Å²) in [7, 11) is 0. The molecule has 3 aromatic carbocycles. The molecule has 2 N–H and O–H groups in total. The molecule has 0 aliphatic rings. The first-order valence-corrected chi connectivity index (χ1v) is 10.00. The molecule has 0 saturated heterocycles. The highest BCUT2D eigenvalue weighted by molar-refractivity contribution is 5.75. The number of carbonyl (C=O) groups excluding carboxylic acids is 1. The van der Waals surface area contributed by atoms with Crippen LogP contribution in [0.1, 0.15) is 49.3 Å². The van der Waals surface area contributed by atoms with Crippen molar-refractivity contribution in [1.29, 1.82) is 0 Å². The number of rotatable bonds is 9. The van der Waals surface area contributed by atoms with Gasteiger partial charge in [0, 0.05) is 6.42 Å². The predicted octanol–water partition coefficient (Wildman–Crippen LogP) is 5.18. The van der Waals surface area contributed by atoms with Crippen molar-refractivity contribution in [2.45, 2.75) is 38.1 Å². The van der Waals surface area contributed by atoms with Crippen molar-refractivity contribution in [3.05, 3.63) is 108 Å². The van der Waals surface area contributed by atoms with Crippen LogP contribution in [0.25, 0.3) is 0 Å². The summed E-state index contributed by atoms with van der Waals surface area (Å²) >= 11 is 0. The molecule has 0 fully saturated rings. The quantitative estimate of drug-likeness (QED) is 0.309. The van der Waals surface area contributed by atoms with Gasteiger partial charge in [0.1, 0.15) is 5.54 Å². The van der Waals surface area contributed by atoms with Gasteiger partial charge in [-0.2, -0.15) is 0 Å². The molecule has 0 radical (unpaired) electrons. The van der Waals surface area contributed by atoms with Gasteiger partial charge in [0.15, 0.2) is 0 Å². The Morgan fingerprint density at radius 1 is 0.714 bits per heavy atom. The number of benzene rings is 3. The van der Waals surface area contributed by atoms with Crippen LogP contribution >= 0.6 is 0 Å². The zero-order chi connectivity index (χ0) is 19.7. The first kappa shape index (κ1) is 19.8. The van der Waals surface area contributed by atoms with Gasteiger partial charge >= 0.3 is 0 Å². The van der Waals surface area contributed by atoms with E-state index in [9.17, 15) is 4.79 Å². The monoisotopic (exact) mass is 372 g/mol. The molecule has 0 aromatic heterocycles. The molecule has 144 valence electrons. The Hall–Kier alpha value is -2.91. The summed E-state index contributed by atoms with van der Waals surface area (Å²) in [5.74, 6) is 0.0145. The SMILES string of the molecule is CCCCCC(=O)NNC(c1ccccc1)(c1ccccc1)c1ccccc1. The largest absolute Gasteiger partial charge is 0.290 e. The fraction of sp³-hybridized carbons (Fsp3) is 0.240. The lowest BCUT2D eigenvalue weighted by atomic mass is 9.77. The van der Waals surface area contributed by atoms with Gasteiger partial charge in [0.25, 0.3) is 0 Å². The van der Waals surface area contributed by atoms with Crippen molar-refractivity contribution in [2.75, 3.05) is 0 Å². The highest BCUT2D eigenvalue weighted by Gasteiger charge is 2.36. The van der Waals surface area contributed by atoms with Crippen molar-refractivity contribution in [3.63, 3.8) is 0 Å². The third-order valence-corrected chi connectivity index (χ3v) is 5.02. The fourth-order valence-electron chi connectivity index (χ4n) is 3.54. The van der Waals surface area contributed by atoms with Crippen LogP contribution in [0.2, 0.25) is 0 Å². The molecule has 1 amide bonds. The number of hydrogen-bond acceptors (Lipinski definition) is 2. The summed E-state index contributed by atoms with van der Waals surface area (Å²) < 4.78 is 0. The Kier molecular flexibility index (Phi) is 6.99. The Morgan fingerprint density at radius 3 is 1.54 bits per heavy atom. The van der Waals surface area contributed by atoms with Crippen LogP contribution in [0, 0.1) is 0 Å². The summed E-state index contributed by atoms with van der Waals surface area (Å²) in [6, 6.07) is 30.8. The molecule has 0 bridgehead atoms. The minimum Gasteiger partial charge on any atom is -0.290 e. The third-order valence-electron chi connectivity index (χ3n) is 5.02. The summed E-state index contributed by atoms with van der Waals surface area (Å²) in [6.45, 7) is 2.14. The number of unbranched alkanes of at least 4 members (excludes halogenated alkanes) is 2. The van der Waals surface area contributed by atoms with Gasteiger partial charge < -0.3 is 0 Å². The molecular formula is C25H28N2O. The smallest absolute Gasteiger partial charge is 0.234 e. The molecule has 28 heavy (non-hydrogen) atoms. The topological polar surface area (TPSA) is 41.1 Å². The minimum absolute atomic E-state index is 0.0145. The molecule has 0 atom stereocenters. The van der Waals surface area contributed by atoms with E-state index < -0.39 is 5.54 Å². The molecule has 3 heteroatoms. The van der Waals surface area contributed by atoms with E-state index in [2.05, 4.69) is 54.2 Å². The second kappa shape index (κ2) is 9.86. The summed E-state index contributed by atoms with van der Waals surface area (Å²) in [4.78, 5) is 12.5. The number of hydrogen-bond donors (Lipinski definition) is 2. The first-order valence-electron chi connectivity index (χ1n) is 10.00. The Bertz CT molecular complexity index is 751. The molecule has 0 aliphatic carbocycles. The first-order chi connectivity index (χ1) is 13.8. The van der Waals surface area contributed by atoms with Crippen LogP contribution in [0.3, 0.4) is 0 Å². The number of nitrogens with one attached hydrogen (secondary N) is 2. The lowest BCUT2D eigenvalue weighted by Gasteiger charge is -2.37. The fourth-order valence-corrected chi connectivity index (χ4v) is 3.54. The summed E-state index contributed by atoms with van der Waals surface area (Å²) in [5, 5.41) is 0. The van der Waals surface area contributed by atoms with Gasteiger partial charge in [-0.25, -0.2) is 5.43 Å². The standard InChI is InChI=1S/C25H28N2O/c1-2-3-7-20-24(28)26-27-25(21-14-8-4-9-15-21,22-16-10-5-11-17-22)23-18-12-6-13-19-23/h4-6,8-19,27H,2-3,7,20H2,1H3,(H,26,28). The number of carbonyl (C=O) groups is 1. The van der Waals surface area contributed by atoms with E-state index in [0.717, 1.165) is 36.0 Å². The van der Waals surface area contributed by atoms with Crippen molar-refractivity contribution >= 4 is 5.91 Å². The van der Waals surface area contributed by atoms with Gasteiger partial charge in [-0.1, -0.05) is 111 Å². The van der Waals surface area contributed by atoms with Gasteiger partial charge in [-0.3, -0.25) is 10.2 Å². The molecular weight excluding hydrogens is 344 g/mol. The average Bonchev–Trinajstić information content (AvgIpc) is 2.77. The van der Waals surface area contributed by atoms with Crippen molar-refractivity contribution in [3.8, 4) is 0 Å². The molecule has 0 aliphatic heterocycles. The molecule has 0 spiro atoms. The van der Waals surface area contributed by atoms with E-state index in [1.165, 1.54) is 0 Å². The van der Waals surface area contributed by atoms with Crippen LogP contribution in [0.15, 0.2) is 91.0 Å². The van der Waals surface area contributed by atoms with Crippen LogP contribution in [0.4, 0.5) is 0 Å². The van der Waals surface area contributed by atoms with Gasteiger partial charge in [-0.15, -0.1) is 0 Å². The zero-order valence-corrected chi connectivity index (χ0v) is 16.4. The molecule has 0 unspecified atom stereocenters. The minimum atomic E-state index is -0.676. The zero-order valence-electron chi connectivity index (χ0n) is 16.4. The highest BCUT2D eigenvalue weighted by atomic mass is 16.2. The maximum atomic E-state index is 12.5. The van der Waals surface area contributed by atoms with Crippen LogP contribution in [-0.2, 0) is 10.3 Å². The Morgan fingerprint density at radius 2 is 1.14 bits per heavy atom.